The first-order valence-electron chi connectivity index (χ1n) is 5.52. The predicted octanol–water partition coefficient (Wildman–Crippen LogP) is 1.53. The summed E-state index contributed by atoms with van der Waals surface area (Å²) in [4.78, 5) is 22.8. The molecule has 0 aromatic rings. The summed E-state index contributed by atoms with van der Waals surface area (Å²) in [6, 6.07) is 0. The molecule has 4 heteroatoms. The van der Waals surface area contributed by atoms with Gasteiger partial charge < -0.3 is 9.47 Å². The van der Waals surface area contributed by atoms with Crippen LogP contribution in [0.3, 0.4) is 0 Å². The summed E-state index contributed by atoms with van der Waals surface area (Å²) in [6.07, 6.45) is 2.06. The third kappa shape index (κ3) is 3.22. The largest absolute Gasteiger partial charge is 0.466 e. The number of carbonyl (C=O) groups is 2. The smallest absolute Gasteiger partial charge is 0.308 e. The summed E-state index contributed by atoms with van der Waals surface area (Å²) >= 11 is 0. The Kier molecular flexibility index (Phi) is 4.59. The van der Waals surface area contributed by atoms with Gasteiger partial charge in [-0.3, -0.25) is 9.59 Å². The highest BCUT2D eigenvalue weighted by Crippen LogP contribution is 2.32. The monoisotopic (exact) mass is 214 g/mol. The molecule has 0 aromatic carbocycles. The highest BCUT2D eigenvalue weighted by atomic mass is 16.5. The molecule has 1 saturated carbocycles. The molecule has 0 spiro atoms. The van der Waals surface area contributed by atoms with E-state index in [4.69, 9.17) is 9.47 Å². The molecule has 0 amide bonds. The van der Waals surface area contributed by atoms with Crippen molar-refractivity contribution in [3.63, 3.8) is 0 Å². The van der Waals surface area contributed by atoms with E-state index in [-0.39, 0.29) is 23.8 Å². The molecule has 15 heavy (non-hydrogen) atoms. The Morgan fingerprint density at radius 1 is 1.00 bits per heavy atom. The van der Waals surface area contributed by atoms with Gasteiger partial charge in [0.1, 0.15) is 0 Å². The van der Waals surface area contributed by atoms with Crippen molar-refractivity contribution in [2.24, 2.45) is 11.8 Å². The van der Waals surface area contributed by atoms with Crippen LogP contribution >= 0.6 is 0 Å². The minimum atomic E-state index is -0.177. The number of ether oxygens (including phenoxy) is 2. The fraction of sp³-hybridized carbons (Fsp3) is 0.818. The average molecular weight is 214 g/mol. The molecule has 4 nitrogen and oxygen atoms in total. The van der Waals surface area contributed by atoms with Crippen molar-refractivity contribution in [1.29, 1.82) is 0 Å². The van der Waals surface area contributed by atoms with E-state index in [1.54, 1.807) is 13.8 Å². The zero-order valence-corrected chi connectivity index (χ0v) is 9.32. The summed E-state index contributed by atoms with van der Waals surface area (Å²) in [5.41, 5.74) is 0. The van der Waals surface area contributed by atoms with Gasteiger partial charge in [-0.2, -0.15) is 0 Å². The van der Waals surface area contributed by atoms with Crippen LogP contribution in [0.25, 0.3) is 0 Å². The molecule has 0 heterocycles. The number of hydrogen-bond donors (Lipinski definition) is 0. The van der Waals surface area contributed by atoms with Gasteiger partial charge in [0.15, 0.2) is 0 Å². The molecule has 86 valence electrons. The van der Waals surface area contributed by atoms with Gasteiger partial charge in [-0.05, 0) is 33.1 Å². The van der Waals surface area contributed by atoms with Crippen LogP contribution in [0, 0.1) is 11.8 Å². The summed E-state index contributed by atoms with van der Waals surface area (Å²) in [5, 5.41) is 0. The van der Waals surface area contributed by atoms with Crippen molar-refractivity contribution in [3.05, 3.63) is 0 Å². The fourth-order valence-corrected chi connectivity index (χ4v) is 1.93. The molecule has 2 atom stereocenters. The highest BCUT2D eigenvalue weighted by Gasteiger charge is 2.35. The minimum Gasteiger partial charge on any atom is -0.466 e. The summed E-state index contributed by atoms with van der Waals surface area (Å²) in [7, 11) is 0. The zero-order chi connectivity index (χ0) is 11.3. The van der Waals surface area contributed by atoms with E-state index in [0.29, 0.717) is 19.6 Å². The van der Waals surface area contributed by atoms with Gasteiger partial charge in [0.25, 0.3) is 0 Å². The van der Waals surface area contributed by atoms with Gasteiger partial charge in [0.05, 0.1) is 25.0 Å². The molecule has 0 N–H and O–H groups in total. The van der Waals surface area contributed by atoms with Gasteiger partial charge in [-0.1, -0.05) is 0 Å². The fourth-order valence-electron chi connectivity index (χ4n) is 1.93. The molecule has 0 aliphatic heterocycles. The van der Waals surface area contributed by atoms with Crippen LogP contribution in [0.5, 0.6) is 0 Å². The first kappa shape index (κ1) is 12.0. The van der Waals surface area contributed by atoms with E-state index in [1.807, 2.05) is 0 Å². The van der Waals surface area contributed by atoms with Crippen molar-refractivity contribution >= 4 is 11.9 Å². The van der Waals surface area contributed by atoms with E-state index >= 15 is 0 Å². The number of carbonyl (C=O) groups excluding carboxylic acids is 2. The van der Waals surface area contributed by atoms with Crippen molar-refractivity contribution < 1.29 is 19.1 Å². The van der Waals surface area contributed by atoms with Crippen molar-refractivity contribution in [3.8, 4) is 0 Å². The van der Waals surface area contributed by atoms with Crippen LogP contribution in [0.2, 0.25) is 0 Å². The van der Waals surface area contributed by atoms with E-state index in [1.165, 1.54) is 0 Å². The van der Waals surface area contributed by atoms with Crippen molar-refractivity contribution in [2.75, 3.05) is 13.2 Å². The van der Waals surface area contributed by atoms with Gasteiger partial charge in [-0.25, -0.2) is 0 Å². The van der Waals surface area contributed by atoms with E-state index in [0.717, 1.165) is 12.8 Å². The van der Waals surface area contributed by atoms with E-state index < -0.39 is 0 Å². The molecular formula is C11H18O4. The Balaban J connectivity index is 2.38. The zero-order valence-electron chi connectivity index (χ0n) is 9.32. The van der Waals surface area contributed by atoms with E-state index in [9.17, 15) is 9.59 Å². The van der Waals surface area contributed by atoms with Crippen LogP contribution < -0.4 is 0 Å². The molecule has 0 saturated heterocycles. The van der Waals surface area contributed by atoms with Gasteiger partial charge >= 0.3 is 11.9 Å². The van der Waals surface area contributed by atoms with Crippen LogP contribution in [-0.2, 0) is 19.1 Å². The molecule has 0 aromatic heterocycles. The number of hydrogen-bond acceptors (Lipinski definition) is 4. The van der Waals surface area contributed by atoms with Crippen molar-refractivity contribution in [1.82, 2.24) is 0 Å². The lowest BCUT2D eigenvalue weighted by Gasteiger charge is -2.09. The maximum atomic E-state index is 11.4. The SMILES string of the molecule is CCOC(=O)[C@@H]1CC[C@@H](C(=O)OCC)C1. The Morgan fingerprint density at radius 3 is 1.73 bits per heavy atom. The third-order valence-electron chi connectivity index (χ3n) is 2.67. The second-order valence-corrected chi connectivity index (χ2v) is 3.71. The van der Waals surface area contributed by atoms with Crippen LogP contribution in [0.15, 0.2) is 0 Å². The molecule has 1 rings (SSSR count). The molecule has 0 bridgehead atoms. The second kappa shape index (κ2) is 5.73. The Hall–Kier alpha value is -1.06. The first-order valence-corrected chi connectivity index (χ1v) is 5.52. The average Bonchev–Trinajstić information content (AvgIpc) is 2.67. The highest BCUT2D eigenvalue weighted by molar-refractivity contribution is 5.77. The second-order valence-electron chi connectivity index (χ2n) is 3.71. The first-order chi connectivity index (χ1) is 7.19. The molecule has 1 aliphatic rings. The minimum absolute atomic E-state index is 0.112. The summed E-state index contributed by atoms with van der Waals surface area (Å²) in [5.74, 6) is -0.577. The molecule has 0 radical (unpaired) electrons. The van der Waals surface area contributed by atoms with Crippen LogP contribution in [-0.4, -0.2) is 25.2 Å². The van der Waals surface area contributed by atoms with E-state index in [2.05, 4.69) is 0 Å². The number of esters is 2. The Morgan fingerprint density at radius 2 is 1.40 bits per heavy atom. The third-order valence-corrected chi connectivity index (χ3v) is 2.67. The topological polar surface area (TPSA) is 52.6 Å². The quantitative estimate of drug-likeness (QED) is 0.666. The van der Waals surface area contributed by atoms with Crippen LogP contribution in [0.4, 0.5) is 0 Å². The van der Waals surface area contributed by atoms with Crippen molar-refractivity contribution in [2.45, 2.75) is 33.1 Å². The molecule has 0 unspecified atom stereocenters. The maximum Gasteiger partial charge on any atom is 0.308 e. The predicted molar refractivity (Wildman–Crippen MR) is 54.1 cm³/mol. The molecular weight excluding hydrogens is 196 g/mol. The molecule has 1 aliphatic carbocycles. The van der Waals surface area contributed by atoms with Gasteiger partial charge in [0.2, 0.25) is 0 Å². The maximum absolute atomic E-state index is 11.4. The lowest BCUT2D eigenvalue weighted by molar-refractivity contribution is -0.149. The Bertz CT molecular complexity index is 213. The summed E-state index contributed by atoms with van der Waals surface area (Å²) < 4.78 is 9.85. The Labute approximate surface area is 89.9 Å². The van der Waals surface area contributed by atoms with Gasteiger partial charge in [-0.15, -0.1) is 0 Å². The number of rotatable bonds is 4. The standard InChI is InChI=1S/C11H18O4/c1-3-14-10(12)8-5-6-9(7-8)11(13)15-4-2/h8-9H,3-7H2,1-2H3/t8-,9-/m1/s1. The van der Waals surface area contributed by atoms with Gasteiger partial charge in [0, 0.05) is 0 Å². The molecule has 1 fully saturated rings. The van der Waals surface area contributed by atoms with Crippen LogP contribution in [0.1, 0.15) is 33.1 Å². The lowest BCUT2D eigenvalue weighted by atomic mass is 10.1. The lowest BCUT2D eigenvalue weighted by Crippen LogP contribution is -2.18. The normalized spacial score (nSPS) is 24.9. The summed E-state index contributed by atoms with van der Waals surface area (Å²) in [6.45, 7) is 4.38.